The molecule has 0 bridgehead atoms. The topological polar surface area (TPSA) is 74.3 Å². The number of ether oxygens (including phenoxy) is 1. The highest BCUT2D eigenvalue weighted by Gasteiger charge is 2.28. The molecule has 98 valence electrons. The van der Waals surface area contributed by atoms with Gasteiger partial charge in [-0.2, -0.15) is 0 Å². The molecule has 0 saturated carbocycles. The summed E-state index contributed by atoms with van der Waals surface area (Å²) in [6, 6.07) is 0.659. The molecular formula is C11H22N4O2. The van der Waals surface area contributed by atoms with Gasteiger partial charge in [-0.1, -0.05) is 5.16 Å². The minimum absolute atomic E-state index is 0.319. The van der Waals surface area contributed by atoms with Crippen molar-refractivity contribution in [2.75, 3.05) is 45.9 Å². The zero-order valence-electron chi connectivity index (χ0n) is 10.2. The summed E-state index contributed by atoms with van der Waals surface area (Å²) in [5, 5.41) is 11.5. The predicted octanol–water partition coefficient (Wildman–Crippen LogP) is -0.471. The first-order chi connectivity index (χ1) is 8.29. The zero-order valence-corrected chi connectivity index (χ0v) is 10.2. The van der Waals surface area contributed by atoms with E-state index in [-0.39, 0.29) is 0 Å². The third-order valence-corrected chi connectivity index (χ3v) is 3.62. The van der Waals surface area contributed by atoms with Gasteiger partial charge in [0.25, 0.3) is 0 Å². The van der Waals surface area contributed by atoms with Crippen LogP contribution in [0.4, 0.5) is 0 Å². The molecule has 0 amide bonds. The highest BCUT2D eigenvalue weighted by Crippen LogP contribution is 2.16. The molecule has 6 heteroatoms. The molecule has 2 rings (SSSR count). The Labute approximate surface area is 102 Å². The molecular weight excluding hydrogens is 220 g/mol. The second-order valence-corrected chi connectivity index (χ2v) is 4.73. The number of oxime groups is 1. The fourth-order valence-corrected chi connectivity index (χ4v) is 2.58. The van der Waals surface area contributed by atoms with E-state index >= 15 is 0 Å². The van der Waals surface area contributed by atoms with E-state index in [4.69, 9.17) is 15.7 Å². The Hall–Kier alpha value is -0.850. The molecule has 1 unspecified atom stereocenters. The van der Waals surface area contributed by atoms with E-state index in [1.54, 1.807) is 0 Å². The maximum atomic E-state index is 8.49. The smallest absolute Gasteiger partial charge is 0.140 e. The molecule has 0 aromatic heterocycles. The molecule has 6 nitrogen and oxygen atoms in total. The normalized spacial score (nSPS) is 28.7. The Balaban J connectivity index is 1.71. The SMILES string of the molecule is NC(CCN1CCC(N2CCOCC2)C1)=NO. The van der Waals surface area contributed by atoms with E-state index < -0.39 is 0 Å². The average Bonchev–Trinajstić information content (AvgIpc) is 2.86. The van der Waals surface area contributed by atoms with Gasteiger partial charge in [0.1, 0.15) is 5.84 Å². The molecule has 0 aliphatic carbocycles. The summed E-state index contributed by atoms with van der Waals surface area (Å²) in [6.07, 6.45) is 1.86. The molecule has 1 atom stereocenters. The highest BCUT2D eigenvalue weighted by atomic mass is 16.5. The fraction of sp³-hybridized carbons (Fsp3) is 0.909. The van der Waals surface area contributed by atoms with Crippen molar-refractivity contribution in [2.45, 2.75) is 18.9 Å². The van der Waals surface area contributed by atoms with Crippen molar-refractivity contribution >= 4 is 5.84 Å². The first kappa shape index (κ1) is 12.6. The summed E-state index contributed by atoms with van der Waals surface area (Å²) in [5.41, 5.74) is 5.47. The van der Waals surface area contributed by atoms with Crippen LogP contribution in [0.15, 0.2) is 5.16 Å². The van der Waals surface area contributed by atoms with Crippen LogP contribution in [0.2, 0.25) is 0 Å². The Morgan fingerprint density at radius 1 is 1.35 bits per heavy atom. The van der Waals surface area contributed by atoms with Gasteiger partial charge in [-0.05, 0) is 13.0 Å². The average molecular weight is 242 g/mol. The van der Waals surface area contributed by atoms with Crippen LogP contribution in [0.3, 0.4) is 0 Å². The minimum Gasteiger partial charge on any atom is -0.409 e. The summed E-state index contributed by atoms with van der Waals surface area (Å²) in [4.78, 5) is 4.91. The van der Waals surface area contributed by atoms with Gasteiger partial charge in [-0.25, -0.2) is 0 Å². The molecule has 2 heterocycles. The molecule has 0 radical (unpaired) electrons. The van der Waals surface area contributed by atoms with Gasteiger partial charge in [0.05, 0.1) is 13.2 Å². The van der Waals surface area contributed by atoms with Crippen molar-refractivity contribution in [3.63, 3.8) is 0 Å². The molecule has 0 aromatic rings. The third kappa shape index (κ3) is 3.55. The van der Waals surface area contributed by atoms with Crippen LogP contribution in [-0.4, -0.2) is 72.8 Å². The van der Waals surface area contributed by atoms with Crippen molar-refractivity contribution < 1.29 is 9.94 Å². The van der Waals surface area contributed by atoms with Gasteiger partial charge >= 0.3 is 0 Å². The lowest BCUT2D eigenvalue weighted by atomic mass is 10.2. The maximum absolute atomic E-state index is 8.49. The van der Waals surface area contributed by atoms with Crippen LogP contribution >= 0.6 is 0 Å². The summed E-state index contributed by atoms with van der Waals surface area (Å²) in [7, 11) is 0. The van der Waals surface area contributed by atoms with E-state index in [1.165, 1.54) is 6.42 Å². The first-order valence-corrected chi connectivity index (χ1v) is 6.30. The van der Waals surface area contributed by atoms with Crippen LogP contribution in [-0.2, 0) is 4.74 Å². The van der Waals surface area contributed by atoms with Crippen molar-refractivity contribution in [2.24, 2.45) is 10.9 Å². The lowest BCUT2D eigenvalue weighted by Gasteiger charge is -2.32. The van der Waals surface area contributed by atoms with Gasteiger partial charge in [0.2, 0.25) is 0 Å². The second-order valence-electron chi connectivity index (χ2n) is 4.73. The van der Waals surface area contributed by atoms with E-state index in [0.717, 1.165) is 45.9 Å². The predicted molar refractivity (Wildman–Crippen MR) is 65.3 cm³/mol. The van der Waals surface area contributed by atoms with E-state index in [0.29, 0.717) is 18.3 Å². The number of hydrogen-bond donors (Lipinski definition) is 2. The van der Waals surface area contributed by atoms with Crippen LogP contribution < -0.4 is 5.73 Å². The molecule has 2 aliphatic rings. The van der Waals surface area contributed by atoms with Crippen LogP contribution in [0.25, 0.3) is 0 Å². The Kier molecular flexibility index (Phi) is 4.58. The summed E-state index contributed by atoms with van der Waals surface area (Å²) < 4.78 is 5.36. The molecule has 3 N–H and O–H groups in total. The third-order valence-electron chi connectivity index (χ3n) is 3.62. The highest BCUT2D eigenvalue weighted by molar-refractivity contribution is 5.79. The standard InChI is InChI=1S/C11H22N4O2/c12-11(13-16)2-4-14-3-1-10(9-14)15-5-7-17-8-6-15/h10,16H,1-9H2,(H2,12,13). The lowest BCUT2D eigenvalue weighted by Crippen LogP contribution is -2.44. The van der Waals surface area contributed by atoms with Gasteiger partial charge in [0, 0.05) is 38.6 Å². The van der Waals surface area contributed by atoms with Crippen molar-refractivity contribution in [3.8, 4) is 0 Å². The van der Waals surface area contributed by atoms with Gasteiger partial charge < -0.3 is 20.6 Å². The van der Waals surface area contributed by atoms with Gasteiger partial charge in [-0.15, -0.1) is 0 Å². The monoisotopic (exact) mass is 242 g/mol. The number of morpholine rings is 1. The Bertz CT molecular complexity index is 266. The van der Waals surface area contributed by atoms with Gasteiger partial charge in [0.15, 0.2) is 0 Å². The van der Waals surface area contributed by atoms with E-state index in [9.17, 15) is 0 Å². The number of amidine groups is 1. The number of likely N-dealkylation sites (tertiary alicyclic amines) is 1. The van der Waals surface area contributed by atoms with Crippen molar-refractivity contribution in [3.05, 3.63) is 0 Å². The van der Waals surface area contributed by atoms with Crippen molar-refractivity contribution in [1.82, 2.24) is 9.80 Å². The molecule has 17 heavy (non-hydrogen) atoms. The Morgan fingerprint density at radius 3 is 2.82 bits per heavy atom. The summed E-state index contributed by atoms with van der Waals surface area (Å²) >= 11 is 0. The van der Waals surface area contributed by atoms with Gasteiger partial charge in [-0.3, -0.25) is 4.90 Å². The summed E-state index contributed by atoms with van der Waals surface area (Å²) in [6.45, 7) is 6.93. The number of rotatable bonds is 4. The number of hydrogen-bond acceptors (Lipinski definition) is 5. The first-order valence-electron chi connectivity index (χ1n) is 6.30. The zero-order chi connectivity index (χ0) is 12.1. The minimum atomic E-state index is 0.319. The molecule has 2 fully saturated rings. The molecule has 0 spiro atoms. The van der Waals surface area contributed by atoms with E-state index in [1.807, 2.05) is 0 Å². The van der Waals surface area contributed by atoms with E-state index in [2.05, 4.69) is 15.0 Å². The quantitative estimate of drug-likeness (QED) is 0.302. The van der Waals surface area contributed by atoms with Crippen LogP contribution in [0.1, 0.15) is 12.8 Å². The van der Waals surface area contributed by atoms with Crippen LogP contribution in [0, 0.1) is 0 Å². The number of nitrogens with zero attached hydrogens (tertiary/aromatic N) is 3. The summed E-state index contributed by atoms with van der Waals surface area (Å²) in [5.74, 6) is 0.319. The molecule has 2 aliphatic heterocycles. The lowest BCUT2D eigenvalue weighted by molar-refractivity contribution is 0.0186. The largest absolute Gasteiger partial charge is 0.409 e. The fourth-order valence-electron chi connectivity index (χ4n) is 2.58. The second kappa shape index (κ2) is 6.18. The van der Waals surface area contributed by atoms with Crippen LogP contribution in [0.5, 0.6) is 0 Å². The molecule has 0 aromatic carbocycles. The Morgan fingerprint density at radius 2 is 2.12 bits per heavy atom. The van der Waals surface area contributed by atoms with Crippen molar-refractivity contribution in [1.29, 1.82) is 0 Å². The molecule has 2 saturated heterocycles. The maximum Gasteiger partial charge on any atom is 0.140 e. The number of nitrogens with two attached hydrogens (primary N) is 1.